The molecule has 2 unspecified atom stereocenters. The maximum atomic E-state index is 13.2. The Morgan fingerprint density at radius 3 is 1.97 bits per heavy atom. The number of nitrogens with one attached hydrogen (secondary N) is 2. The molecule has 77 heavy (non-hydrogen) atoms. The van der Waals surface area contributed by atoms with Crippen molar-refractivity contribution in [2.75, 3.05) is 13.2 Å². The minimum absolute atomic E-state index is 0.000338. The lowest BCUT2D eigenvalue weighted by atomic mass is 10.0. The van der Waals surface area contributed by atoms with Crippen LogP contribution in [0.3, 0.4) is 0 Å². The Morgan fingerprint density at radius 2 is 1.36 bits per heavy atom. The highest BCUT2D eigenvalue weighted by atomic mass is 35.5. The SMILES string of the molecule is N#Cc1cnc2c(c1)c(C(F)(F)F)nn2C1CCCCO1.NCc1cnc2c(c1)c(C(F)(F)F)nn2C1CCCCO1.O=C(NCc1cnc2n[nH]c(C(F)(F)F)c2c1)c1ccnc(Cc2ccc3ncc(Cl)cc3c2)c1. The van der Waals surface area contributed by atoms with E-state index in [1.54, 1.807) is 30.6 Å². The summed E-state index contributed by atoms with van der Waals surface area (Å²) < 4.78 is 132. The largest absolute Gasteiger partial charge is 0.435 e. The molecule has 8 aromatic heterocycles. The number of carbonyl (C=O) groups excluding carboxylic acids is 1. The standard InChI is InChI=1S/C24H16ClF3N6O.C13H15F3N4O.C13H11F3N4O/c25-17-8-16-5-13(1-2-20(16)30-12-17)6-18-9-15(3-4-29-18)23(35)32-11-14-7-19-21(24(26,27)28)33-34-22(19)31-10-14;2*14-13(15,16)11-9-5-8(6-17)7-18-12(9)20(19-11)10-3-1-2-4-21-10/h1-5,7-10,12H,6,11H2,(H,32,35)(H,31,33,34);5,7,10H,1-4,6,17H2;5,7,10H,1-4H2. The molecule has 1 aromatic carbocycles. The number of amides is 1. The van der Waals surface area contributed by atoms with Crippen molar-refractivity contribution in [2.24, 2.45) is 5.73 Å². The number of ether oxygens (including phenoxy) is 2. The molecule has 2 atom stereocenters. The molecule has 27 heteroatoms. The highest BCUT2D eigenvalue weighted by molar-refractivity contribution is 6.31. The molecule has 9 aromatic rings. The Bertz CT molecular complexity index is 3640. The van der Waals surface area contributed by atoms with Gasteiger partial charge in [0.05, 0.1) is 32.3 Å². The quantitative estimate of drug-likeness (QED) is 0.121. The lowest BCUT2D eigenvalue weighted by Gasteiger charge is -2.23. The minimum atomic E-state index is -4.60. The van der Waals surface area contributed by atoms with E-state index >= 15 is 0 Å². The highest BCUT2D eigenvalue weighted by Crippen LogP contribution is 2.38. The minimum Gasteiger partial charge on any atom is -0.356 e. The molecule has 2 fully saturated rings. The molecule has 17 nitrogen and oxygen atoms in total. The number of alkyl halides is 9. The zero-order chi connectivity index (χ0) is 54.6. The summed E-state index contributed by atoms with van der Waals surface area (Å²) in [6.07, 6.45) is -2.26. The number of aromatic amines is 1. The van der Waals surface area contributed by atoms with Crippen LogP contribution in [0.15, 0.2) is 85.6 Å². The van der Waals surface area contributed by atoms with Crippen LogP contribution in [0.1, 0.15) is 106 Å². The van der Waals surface area contributed by atoms with E-state index in [9.17, 15) is 44.3 Å². The van der Waals surface area contributed by atoms with Crippen molar-refractivity contribution in [3.63, 3.8) is 0 Å². The van der Waals surface area contributed by atoms with Crippen molar-refractivity contribution in [3.05, 3.63) is 141 Å². The van der Waals surface area contributed by atoms with Gasteiger partial charge in [0, 0.05) is 80.4 Å². The Balaban J connectivity index is 0.000000149. The van der Waals surface area contributed by atoms with Crippen LogP contribution in [-0.2, 0) is 47.5 Å². The number of hydrogen-bond donors (Lipinski definition) is 3. The Labute approximate surface area is 434 Å². The first-order valence-electron chi connectivity index (χ1n) is 23.7. The molecule has 2 saturated heterocycles. The van der Waals surface area contributed by atoms with Crippen LogP contribution in [0.25, 0.3) is 44.0 Å². The number of nitrogens with two attached hydrogens (primary N) is 1. The van der Waals surface area contributed by atoms with Gasteiger partial charge in [0.15, 0.2) is 40.8 Å². The van der Waals surface area contributed by atoms with Crippen molar-refractivity contribution in [1.29, 1.82) is 5.26 Å². The molecule has 2 aliphatic heterocycles. The second-order valence-electron chi connectivity index (χ2n) is 17.7. The van der Waals surface area contributed by atoms with E-state index in [0.717, 1.165) is 48.2 Å². The van der Waals surface area contributed by atoms with Gasteiger partial charge in [-0.05, 0) is 104 Å². The van der Waals surface area contributed by atoms with Crippen LogP contribution in [0.2, 0.25) is 5.02 Å². The average Bonchev–Trinajstić information content (AvgIpc) is 4.21. The number of hydrogen-bond acceptors (Lipinski definition) is 13. The number of rotatable bonds is 8. The van der Waals surface area contributed by atoms with Crippen molar-refractivity contribution in [2.45, 2.75) is 89.0 Å². The van der Waals surface area contributed by atoms with Crippen LogP contribution in [-0.4, -0.2) is 73.8 Å². The predicted octanol–water partition coefficient (Wildman–Crippen LogP) is 10.7. The van der Waals surface area contributed by atoms with E-state index in [-0.39, 0.29) is 57.7 Å². The molecule has 1 amide bonds. The Morgan fingerprint density at radius 1 is 0.727 bits per heavy atom. The van der Waals surface area contributed by atoms with Crippen molar-refractivity contribution >= 4 is 61.5 Å². The maximum absolute atomic E-state index is 13.2. The van der Waals surface area contributed by atoms with E-state index < -0.39 is 48.1 Å². The number of aromatic nitrogens is 11. The molecular formula is C50H42ClF9N14O3. The first-order valence-corrected chi connectivity index (χ1v) is 24.1. The van der Waals surface area contributed by atoms with E-state index in [1.807, 2.05) is 29.4 Å². The highest BCUT2D eigenvalue weighted by Gasteiger charge is 2.40. The number of H-pyrrole nitrogens is 1. The summed E-state index contributed by atoms with van der Waals surface area (Å²) >= 11 is 6.03. The van der Waals surface area contributed by atoms with Gasteiger partial charge in [0.25, 0.3) is 5.91 Å². The van der Waals surface area contributed by atoms with Gasteiger partial charge < -0.3 is 20.5 Å². The van der Waals surface area contributed by atoms with Crippen LogP contribution in [0.5, 0.6) is 0 Å². The molecule has 400 valence electrons. The van der Waals surface area contributed by atoms with Gasteiger partial charge in [-0.15, -0.1) is 0 Å². The molecule has 2 aliphatic rings. The molecule has 10 heterocycles. The molecular weight excluding hydrogens is 1050 g/mol. The lowest BCUT2D eigenvalue weighted by molar-refractivity contribution is -0.142. The van der Waals surface area contributed by atoms with Crippen LogP contribution < -0.4 is 11.1 Å². The summed E-state index contributed by atoms with van der Waals surface area (Å²) in [5.41, 5.74) is 6.66. The zero-order valence-corrected chi connectivity index (χ0v) is 40.8. The van der Waals surface area contributed by atoms with Gasteiger partial charge in [-0.25, -0.2) is 24.3 Å². The van der Waals surface area contributed by atoms with Gasteiger partial charge in [-0.1, -0.05) is 17.7 Å². The molecule has 4 N–H and O–H groups in total. The summed E-state index contributed by atoms with van der Waals surface area (Å²) in [6, 6.07) is 16.5. The van der Waals surface area contributed by atoms with Crippen LogP contribution >= 0.6 is 11.6 Å². The fourth-order valence-electron chi connectivity index (χ4n) is 8.65. The third-order valence-corrected chi connectivity index (χ3v) is 12.5. The molecule has 0 spiro atoms. The normalized spacial score (nSPS) is 16.2. The molecule has 0 saturated carbocycles. The van der Waals surface area contributed by atoms with Gasteiger partial charge in [-0.3, -0.25) is 19.9 Å². The lowest BCUT2D eigenvalue weighted by Crippen LogP contribution is -2.23. The number of nitrogens with zero attached hydrogens (tertiary/aromatic N) is 11. The second kappa shape index (κ2) is 22.4. The van der Waals surface area contributed by atoms with E-state index in [2.05, 4.69) is 45.5 Å². The monoisotopic (exact) mass is 1090 g/mol. The summed E-state index contributed by atoms with van der Waals surface area (Å²) in [4.78, 5) is 33.3. The number of fused-ring (bicyclic) bond motifs is 4. The Hall–Kier alpha value is -7.86. The van der Waals surface area contributed by atoms with E-state index in [4.69, 9.17) is 32.1 Å². The fraction of sp³-hybridized carbons (Fsp3) is 0.320. The zero-order valence-electron chi connectivity index (χ0n) is 40.0. The fourth-order valence-corrected chi connectivity index (χ4v) is 8.81. The summed E-state index contributed by atoms with van der Waals surface area (Å²) in [7, 11) is 0. The average molecular weight is 1090 g/mol. The van der Waals surface area contributed by atoms with E-state index in [1.165, 1.54) is 40.1 Å². The third kappa shape index (κ3) is 12.4. The number of pyridine rings is 5. The predicted molar refractivity (Wildman–Crippen MR) is 259 cm³/mol. The van der Waals surface area contributed by atoms with Gasteiger partial charge in [-0.2, -0.15) is 60.1 Å². The molecule has 0 aliphatic carbocycles. The van der Waals surface area contributed by atoms with Crippen molar-refractivity contribution in [1.82, 2.24) is 60.0 Å². The summed E-state index contributed by atoms with van der Waals surface area (Å²) in [6.45, 7) is 1.14. The Kier molecular flexibility index (Phi) is 15.7. The van der Waals surface area contributed by atoms with Crippen molar-refractivity contribution in [3.8, 4) is 6.07 Å². The number of benzene rings is 1. The number of nitriles is 1. The summed E-state index contributed by atoms with van der Waals surface area (Å²) in [5.74, 6) is -0.383. The second-order valence-corrected chi connectivity index (χ2v) is 18.2. The molecule has 11 rings (SSSR count). The van der Waals surface area contributed by atoms with Crippen molar-refractivity contribution < 1.29 is 53.8 Å². The molecule has 0 radical (unpaired) electrons. The van der Waals surface area contributed by atoms with Gasteiger partial charge >= 0.3 is 18.5 Å². The van der Waals surface area contributed by atoms with Gasteiger partial charge in [0.1, 0.15) is 11.8 Å². The third-order valence-electron chi connectivity index (χ3n) is 12.3. The topological polar surface area (TPSA) is 226 Å². The maximum Gasteiger partial charge on any atom is 0.435 e. The van der Waals surface area contributed by atoms with Gasteiger partial charge in [0.2, 0.25) is 0 Å². The number of halogens is 10. The first kappa shape index (κ1) is 53.9. The summed E-state index contributed by atoms with van der Waals surface area (Å²) in [5, 5.41) is 25.6. The first-order chi connectivity index (χ1) is 36.8. The molecule has 0 bridgehead atoms. The smallest absolute Gasteiger partial charge is 0.356 e. The number of carbonyl (C=O) groups is 1. The van der Waals surface area contributed by atoms with E-state index in [0.29, 0.717) is 59.9 Å². The van der Waals surface area contributed by atoms with Crippen LogP contribution in [0, 0.1) is 11.3 Å². The van der Waals surface area contributed by atoms with Crippen LogP contribution in [0.4, 0.5) is 39.5 Å².